The number of ether oxygens (including phenoxy) is 1. The van der Waals surface area contributed by atoms with Gasteiger partial charge in [-0.05, 0) is 18.8 Å². The van der Waals surface area contributed by atoms with E-state index in [0.717, 1.165) is 30.1 Å². The van der Waals surface area contributed by atoms with Crippen LogP contribution < -0.4 is 0 Å². The van der Waals surface area contributed by atoms with Gasteiger partial charge in [-0.1, -0.05) is 6.92 Å². The van der Waals surface area contributed by atoms with Gasteiger partial charge in [0, 0.05) is 32.3 Å². The lowest BCUT2D eigenvalue weighted by Crippen LogP contribution is -2.22. The average molecular weight is 252 g/mol. The standard InChI is InChI=1S/C13H20N2O3/c1-8(7-18-2)5-12-14-10-4-3-9(13(16)17)6-11(10)15-12/h8-9H,3-7H2,1-2H3,(H,14,15)(H,16,17). The van der Waals surface area contributed by atoms with Crippen LogP contribution in [0.4, 0.5) is 0 Å². The number of aliphatic carboxylic acids is 1. The van der Waals surface area contributed by atoms with Crippen molar-refractivity contribution in [3.8, 4) is 0 Å². The molecular weight excluding hydrogens is 232 g/mol. The SMILES string of the molecule is COCC(C)Cc1nc2c([nH]1)CC(C(=O)O)CC2. The summed E-state index contributed by atoms with van der Waals surface area (Å²) in [5, 5.41) is 9.04. The highest BCUT2D eigenvalue weighted by Gasteiger charge is 2.26. The summed E-state index contributed by atoms with van der Waals surface area (Å²) in [5.74, 6) is 0.403. The molecule has 2 unspecified atom stereocenters. The first-order chi connectivity index (χ1) is 8.60. The molecule has 0 bridgehead atoms. The molecule has 5 heteroatoms. The van der Waals surface area contributed by atoms with Crippen molar-refractivity contribution in [1.82, 2.24) is 9.97 Å². The van der Waals surface area contributed by atoms with E-state index in [2.05, 4.69) is 16.9 Å². The summed E-state index contributed by atoms with van der Waals surface area (Å²) in [5.41, 5.74) is 2.06. The van der Waals surface area contributed by atoms with Crippen LogP contribution in [0.15, 0.2) is 0 Å². The van der Waals surface area contributed by atoms with Crippen LogP contribution in [0.3, 0.4) is 0 Å². The van der Waals surface area contributed by atoms with Gasteiger partial charge in [-0.15, -0.1) is 0 Å². The van der Waals surface area contributed by atoms with Crippen LogP contribution >= 0.6 is 0 Å². The first-order valence-electron chi connectivity index (χ1n) is 6.38. The maximum absolute atomic E-state index is 11.0. The molecule has 0 radical (unpaired) electrons. The lowest BCUT2D eigenvalue weighted by Gasteiger charge is -2.16. The van der Waals surface area contributed by atoms with Crippen LogP contribution in [0, 0.1) is 11.8 Å². The monoisotopic (exact) mass is 252 g/mol. The molecule has 0 amide bonds. The predicted molar refractivity (Wildman–Crippen MR) is 66.5 cm³/mol. The Kier molecular flexibility index (Phi) is 4.01. The smallest absolute Gasteiger partial charge is 0.306 e. The van der Waals surface area contributed by atoms with Crippen molar-refractivity contribution in [3.63, 3.8) is 0 Å². The largest absolute Gasteiger partial charge is 0.481 e. The number of H-pyrrole nitrogens is 1. The van der Waals surface area contributed by atoms with E-state index >= 15 is 0 Å². The molecule has 100 valence electrons. The van der Waals surface area contributed by atoms with Crippen molar-refractivity contribution in [3.05, 3.63) is 17.2 Å². The molecule has 0 fully saturated rings. The van der Waals surface area contributed by atoms with Crippen molar-refractivity contribution >= 4 is 5.97 Å². The van der Waals surface area contributed by atoms with Crippen LogP contribution in [0.25, 0.3) is 0 Å². The third-order valence-electron chi connectivity index (χ3n) is 3.44. The average Bonchev–Trinajstić information content (AvgIpc) is 2.69. The second-order valence-corrected chi connectivity index (χ2v) is 5.15. The summed E-state index contributed by atoms with van der Waals surface area (Å²) in [6.45, 7) is 2.83. The van der Waals surface area contributed by atoms with Crippen LogP contribution in [0.1, 0.15) is 30.6 Å². The molecule has 0 saturated heterocycles. The van der Waals surface area contributed by atoms with Crippen LogP contribution in [0.2, 0.25) is 0 Å². The van der Waals surface area contributed by atoms with Gasteiger partial charge in [0.25, 0.3) is 0 Å². The van der Waals surface area contributed by atoms with Gasteiger partial charge in [0.2, 0.25) is 0 Å². The Labute approximate surface area is 107 Å². The van der Waals surface area contributed by atoms with Gasteiger partial charge >= 0.3 is 5.97 Å². The summed E-state index contributed by atoms with van der Waals surface area (Å²) in [6.07, 6.45) is 2.89. The predicted octanol–water partition coefficient (Wildman–Crippen LogP) is 1.42. The summed E-state index contributed by atoms with van der Waals surface area (Å²) in [6, 6.07) is 0. The Balaban J connectivity index is 2.03. The Morgan fingerprint density at radius 2 is 2.44 bits per heavy atom. The summed E-state index contributed by atoms with van der Waals surface area (Å²) in [7, 11) is 1.70. The molecular formula is C13H20N2O3. The number of carboxylic acids is 1. The number of nitrogens with zero attached hydrogens (tertiary/aromatic N) is 1. The highest BCUT2D eigenvalue weighted by molar-refractivity contribution is 5.70. The van der Waals surface area contributed by atoms with Crippen molar-refractivity contribution in [2.75, 3.05) is 13.7 Å². The molecule has 1 aliphatic carbocycles. The molecule has 2 rings (SSSR count). The number of carboxylic acid groups (broad SMARTS) is 1. The van der Waals surface area contributed by atoms with E-state index < -0.39 is 5.97 Å². The Morgan fingerprint density at radius 1 is 1.67 bits per heavy atom. The van der Waals surface area contributed by atoms with Gasteiger partial charge in [-0.3, -0.25) is 4.79 Å². The topological polar surface area (TPSA) is 75.2 Å². The maximum atomic E-state index is 11.0. The zero-order chi connectivity index (χ0) is 13.1. The number of imidazole rings is 1. The zero-order valence-electron chi connectivity index (χ0n) is 10.9. The fourth-order valence-electron chi connectivity index (χ4n) is 2.52. The van der Waals surface area contributed by atoms with Crippen molar-refractivity contribution in [1.29, 1.82) is 0 Å². The Hall–Kier alpha value is -1.36. The molecule has 18 heavy (non-hydrogen) atoms. The first-order valence-corrected chi connectivity index (χ1v) is 6.38. The van der Waals surface area contributed by atoms with Crippen LogP contribution in [0.5, 0.6) is 0 Å². The molecule has 1 aromatic rings. The minimum atomic E-state index is -0.704. The number of aromatic nitrogens is 2. The minimum Gasteiger partial charge on any atom is -0.481 e. The van der Waals surface area contributed by atoms with Gasteiger partial charge in [0.05, 0.1) is 11.6 Å². The van der Waals surface area contributed by atoms with Gasteiger partial charge < -0.3 is 14.8 Å². The minimum absolute atomic E-state index is 0.262. The van der Waals surface area contributed by atoms with Gasteiger partial charge in [-0.25, -0.2) is 4.98 Å². The van der Waals surface area contributed by atoms with Gasteiger partial charge in [0.15, 0.2) is 0 Å². The van der Waals surface area contributed by atoms with E-state index in [1.165, 1.54) is 0 Å². The quantitative estimate of drug-likeness (QED) is 0.831. The second kappa shape index (κ2) is 5.52. The first kappa shape index (κ1) is 13.1. The van der Waals surface area contributed by atoms with Gasteiger partial charge in [0.1, 0.15) is 5.82 Å². The Morgan fingerprint density at radius 3 is 3.11 bits per heavy atom. The molecule has 1 heterocycles. The lowest BCUT2D eigenvalue weighted by molar-refractivity contribution is -0.142. The lowest BCUT2D eigenvalue weighted by atomic mass is 9.90. The molecule has 0 aliphatic heterocycles. The number of nitrogens with one attached hydrogen (secondary N) is 1. The molecule has 0 aromatic carbocycles. The number of fused-ring (bicyclic) bond motifs is 1. The summed E-state index contributed by atoms with van der Waals surface area (Å²) >= 11 is 0. The van der Waals surface area contributed by atoms with Crippen LogP contribution in [-0.2, 0) is 28.8 Å². The Bertz CT molecular complexity index is 428. The number of aromatic amines is 1. The van der Waals surface area contributed by atoms with Crippen molar-refractivity contribution < 1.29 is 14.6 Å². The fourth-order valence-corrected chi connectivity index (χ4v) is 2.52. The molecule has 1 aliphatic rings. The molecule has 0 spiro atoms. The molecule has 2 N–H and O–H groups in total. The normalized spacial score (nSPS) is 20.4. The van der Waals surface area contributed by atoms with E-state index in [4.69, 9.17) is 9.84 Å². The third kappa shape index (κ3) is 2.90. The van der Waals surface area contributed by atoms with E-state index in [-0.39, 0.29) is 5.92 Å². The van der Waals surface area contributed by atoms with Crippen molar-refractivity contribution in [2.45, 2.75) is 32.6 Å². The number of hydrogen-bond donors (Lipinski definition) is 2. The zero-order valence-corrected chi connectivity index (χ0v) is 10.9. The molecule has 1 aromatic heterocycles. The number of methoxy groups -OCH3 is 1. The van der Waals surface area contributed by atoms with E-state index in [9.17, 15) is 4.79 Å². The summed E-state index contributed by atoms with van der Waals surface area (Å²) in [4.78, 5) is 18.8. The molecule has 5 nitrogen and oxygen atoms in total. The van der Waals surface area contributed by atoms with Gasteiger partial charge in [-0.2, -0.15) is 0 Å². The molecule has 0 saturated carbocycles. The highest BCUT2D eigenvalue weighted by atomic mass is 16.5. The maximum Gasteiger partial charge on any atom is 0.306 e. The number of carbonyl (C=O) groups is 1. The number of hydrogen-bond acceptors (Lipinski definition) is 3. The molecule has 2 atom stereocenters. The van der Waals surface area contributed by atoms with E-state index in [1.807, 2.05) is 0 Å². The van der Waals surface area contributed by atoms with Crippen molar-refractivity contribution in [2.24, 2.45) is 11.8 Å². The van der Waals surface area contributed by atoms with E-state index in [0.29, 0.717) is 25.4 Å². The van der Waals surface area contributed by atoms with Crippen LogP contribution in [-0.4, -0.2) is 34.8 Å². The number of rotatable bonds is 5. The third-order valence-corrected chi connectivity index (χ3v) is 3.44. The highest BCUT2D eigenvalue weighted by Crippen LogP contribution is 2.24. The fraction of sp³-hybridized carbons (Fsp3) is 0.692. The number of aryl methyl sites for hydroxylation is 1. The summed E-state index contributed by atoms with van der Waals surface area (Å²) < 4.78 is 5.11. The van der Waals surface area contributed by atoms with E-state index in [1.54, 1.807) is 7.11 Å². The second-order valence-electron chi connectivity index (χ2n) is 5.15.